The van der Waals surface area contributed by atoms with Crippen LogP contribution in [0.4, 0.5) is 4.79 Å². The van der Waals surface area contributed by atoms with E-state index in [1.54, 1.807) is 9.58 Å². The minimum Gasteiger partial charge on any atom is -0.481 e. The summed E-state index contributed by atoms with van der Waals surface area (Å²) in [6, 6.07) is 9.11. The van der Waals surface area contributed by atoms with Gasteiger partial charge in [-0.1, -0.05) is 63.3 Å². The molecular formula is C29H45N5O5Si. The van der Waals surface area contributed by atoms with Crippen molar-refractivity contribution in [2.75, 3.05) is 19.7 Å². The van der Waals surface area contributed by atoms with Gasteiger partial charge in [0.1, 0.15) is 12.3 Å². The first-order valence-electron chi connectivity index (χ1n) is 14.1. The molecule has 1 aliphatic heterocycles. The van der Waals surface area contributed by atoms with E-state index in [9.17, 15) is 14.7 Å². The van der Waals surface area contributed by atoms with Gasteiger partial charge in [-0.2, -0.15) is 0 Å². The van der Waals surface area contributed by atoms with Gasteiger partial charge >= 0.3 is 12.1 Å². The minimum absolute atomic E-state index is 0.197. The van der Waals surface area contributed by atoms with Crippen LogP contribution < -0.4 is 0 Å². The molecule has 2 aromatic rings. The second kappa shape index (κ2) is 13.5. The predicted octanol–water partition coefficient (Wildman–Crippen LogP) is 5.45. The van der Waals surface area contributed by atoms with Gasteiger partial charge < -0.3 is 19.5 Å². The van der Waals surface area contributed by atoms with Crippen molar-refractivity contribution in [3.05, 3.63) is 47.3 Å². The van der Waals surface area contributed by atoms with Gasteiger partial charge in [0.05, 0.1) is 5.92 Å². The van der Waals surface area contributed by atoms with Crippen LogP contribution in [0.5, 0.6) is 0 Å². The Kier molecular flexibility index (Phi) is 10.7. The number of carbonyl (C=O) groups excluding carboxylic acids is 1. The molecule has 0 aliphatic carbocycles. The zero-order valence-electron chi connectivity index (χ0n) is 25.0. The van der Waals surface area contributed by atoms with Crippen LogP contribution in [0.25, 0.3) is 5.57 Å². The van der Waals surface area contributed by atoms with Gasteiger partial charge in [-0.3, -0.25) is 4.79 Å². The smallest absolute Gasteiger partial charge is 0.410 e. The van der Waals surface area contributed by atoms with Crippen LogP contribution >= 0.6 is 0 Å². The molecule has 1 aliphatic rings. The molecule has 0 radical (unpaired) electrons. The van der Waals surface area contributed by atoms with Crippen LogP contribution in [0.1, 0.15) is 63.4 Å². The summed E-state index contributed by atoms with van der Waals surface area (Å²) in [6.45, 7) is 16.3. The van der Waals surface area contributed by atoms with Crippen LogP contribution in [0.3, 0.4) is 0 Å². The number of aromatic nitrogens is 4. The number of amides is 1. The standard InChI is InChI=1S/C29H45N5O5Si/c1-8-9-24(27(35)36)25(26-30-31-32-34(26)20-38-16-17-40(5,6)7)18-21-10-12-22(13-11-21)23-14-15-33(19-23)28(37)39-29(2,3)4/h10-14,24-25H,8-9,15-20H2,1-7H3,(H,35,36)/t24-,25-/m0/s1. The van der Waals surface area contributed by atoms with Gasteiger partial charge in [-0.05, 0) is 66.8 Å². The maximum atomic E-state index is 12.4. The van der Waals surface area contributed by atoms with Crippen molar-refractivity contribution in [1.82, 2.24) is 25.1 Å². The highest BCUT2D eigenvalue weighted by Crippen LogP contribution is 2.32. The lowest BCUT2D eigenvalue weighted by molar-refractivity contribution is -0.143. The summed E-state index contributed by atoms with van der Waals surface area (Å²) in [4.78, 5) is 26.5. The molecule has 1 aromatic carbocycles. The molecule has 11 heteroatoms. The van der Waals surface area contributed by atoms with Crippen molar-refractivity contribution < 1.29 is 24.2 Å². The van der Waals surface area contributed by atoms with Crippen molar-refractivity contribution in [2.45, 2.75) is 90.9 Å². The molecule has 220 valence electrons. The summed E-state index contributed by atoms with van der Waals surface area (Å²) in [5.41, 5.74) is 2.54. The quantitative estimate of drug-likeness (QED) is 0.249. The van der Waals surface area contributed by atoms with E-state index in [0.717, 1.165) is 29.2 Å². The lowest BCUT2D eigenvalue weighted by Crippen LogP contribution is -2.35. The van der Waals surface area contributed by atoms with E-state index in [4.69, 9.17) is 9.47 Å². The van der Waals surface area contributed by atoms with E-state index in [2.05, 4.69) is 35.2 Å². The molecule has 0 saturated heterocycles. The van der Waals surface area contributed by atoms with E-state index in [0.29, 0.717) is 38.4 Å². The Morgan fingerprint density at radius 2 is 1.85 bits per heavy atom. The van der Waals surface area contributed by atoms with E-state index in [-0.39, 0.29) is 12.8 Å². The van der Waals surface area contributed by atoms with E-state index in [1.807, 2.05) is 58.0 Å². The van der Waals surface area contributed by atoms with Crippen LogP contribution in [0.2, 0.25) is 25.7 Å². The fourth-order valence-electron chi connectivity index (χ4n) is 4.66. The number of benzene rings is 1. The van der Waals surface area contributed by atoms with Crippen molar-refractivity contribution in [1.29, 1.82) is 0 Å². The number of carboxylic acid groups (broad SMARTS) is 1. The summed E-state index contributed by atoms with van der Waals surface area (Å²) in [6.07, 6.45) is 3.46. The van der Waals surface area contributed by atoms with Crippen molar-refractivity contribution in [2.24, 2.45) is 5.92 Å². The normalized spacial score (nSPS) is 15.6. The Morgan fingerprint density at radius 1 is 1.15 bits per heavy atom. The number of tetrazole rings is 1. The number of carbonyl (C=O) groups is 2. The van der Waals surface area contributed by atoms with Crippen LogP contribution in [0.15, 0.2) is 30.3 Å². The van der Waals surface area contributed by atoms with E-state index in [1.165, 1.54) is 0 Å². The third-order valence-corrected chi connectivity index (χ3v) is 8.56. The Hall–Kier alpha value is -3.05. The van der Waals surface area contributed by atoms with Crippen molar-refractivity contribution in [3.8, 4) is 0 Å². The zero-order chi connectivity index (χ0) is 29.5. The van der Waals surface area contributed by atoms with Crippen molar-refractivity contribution in [3.63, 3.8) is 0 Å². The number of ether oxygens (including phenoxy) is 2. The summed E-state index contributed by atoms with van der Waals surface area (Å²) in [5, 5.41) is 22.4. The summed E-state index contributed by atoms with van der Waals surface area (Å²) in [7, 11) is -1.24. The molecule has 10 nitrogen and oxygen atoms in total. The van der Waals surface area contributed by atoms with Crippen LogP contribution in [0, 0.1) is 5.92 Å². The Labute approximate surface area is 238 Å². The summed E-state index contributed by atoms with van der Waals surface area (Å²) in [5.74, 6) is -1.36. The Morgan fingerprint density at radius 3 is 2.45 bits per heavy atom. The lowest BCUT2D eigenvalue weighted by Gasteiger charge is -2.24. The summed E-state index contributed by atoms with van der Waals surface area (Å²) >= 11 is 0. The van der Waals surface area contributed by atoms with Gasteiger partial charge in [0.25, 0.3) is 0 Å². The third-order valence-electron chi connectivity index (χ3n) is 6.86. The Bertz CT molecular complexity index is 1170. The highest BCUT2D eigenvalue weighted by molar-refractivity contribution is 6.76. The highest BCUT2D eigenvalue weighted by Gasteiger charge is 2.33. The molecule has 1 N–H and O–H groups in total. The Balaban J connectivity index is 1.74. The second-order valence-corrected chi connectivity index (χ2v) is 18.3. The fourth-order valence-corrected chi connectivity index (χ4v) is 5.42. The highest BCUT2D eigenvalue weighted by atomic mass is 28.3. The number of hydrogen-bond acceptors (Lipinski definition) is 7. The minimum atomic E-state index is -1.24. The maximum Gasteiger partial charge on any atom is 0.410 e. The van der Waals surface area contributed by atoms with Crippen molar-refractivity contribution >= 4 is 25.7 Å². The average Bonchev–Trinajstić information content (AvgIpc) is 3.53. The van der Waals surface area contributed by atoms with Gasteiger partial charge in [0, 0.05) is 33.7 Å². The second-order valence-electron chi connectivity index (χ2n) is 12.7. The molecule has 0 bridgehead atoms. The SMILES string of the molecule is CCC[C@H](C(=O)O)[C@H](Cc1ccc(C2=CCN(C(=O)OC(C)(C)C)C2)cc1)c1nnnn1COCC[Si](C)(C)C. The van der Waals surface area contributed by atoms with E-state index >= 15 is 0 Å². The largest absolute Gasteiger partial charge is 0.481 e. The molecule has 1 amide bonds. The van der Waals surface area contributed by atoms with Crippen LogP contribution in [-0.2, 0) is 27.4 Å². The topological polar surface area (TPSA) is 120 Å². The van der Waals surface area contributed by atoms with Gasteiger partial charge in [-0.25, -0.2) is 9.48 Å². The number of nitrogens with zero attached hydrogens (tertiary/aromatic N) is 5. The number of hydrogen-bond donors (Lipinski definition) is 1. The number of carboxylic acids is 1. The average molecular weight is 572 g/mol. The molecule has 0 saturated carbocycles. The maximum absolute atomic E-state index is 12.4. The molecule has 1 aromatic heterocycles. The first kappa shape index (κ1) is 31.5. The number of aliphatic carboxylic acids is 1. The molecule has 0 unspecified atom stereocenters. The van der Waals surface area contributed by atoms with Gasteiger partial charge in [0.2, 0.25) is 0 Å². The third kappa shape index (κ3) is 9.26. The summed E-state index contributed by atoms with van der Waals surface area (Å²) < 4.78 is 13.0. The molecule has 40 heavy (non-hydrogen) atoms. The molecule has 0 spiro atoms. The van der Waals surface area contributed by atoms with Crippen LogP contribution in [-0.4, -0.2) is 75.6 Å². The molecule has 3 rings (SSSR count). The van der Waals surface area contributed by atoms with E-state index < -0.39 is 31.5 Å². The predicted molar refractivity (Wildman–Crippen MR) is 157 cm³/mol. The monoisotopic (exact) mass is 571 g/mol. The molecule has 2 heterocycles. The molecule has 0 fully saturated rings. The van der Waals surface area contributed by atoms with Gasteiger partial charge in [0.15, 0.2) is 5.82 Å². The molecule has 2 atom stereocenters. The first-order chi connectivity index (χ1) is 18.8. The first-order valence-corrected chi connectivity index (χ1v) is 17.8. The lowest BCUT2D eigenvalue weighted by atomic mass is 9.83. The number of rotatable bonds is 13. The fraction of sp³-hybridized carbons (Fsp3) is 0.621. The van der Waals surface area contributed by atoms with Gasteiger partial charge in [-0.15, -0.1) is 5.10 Å². The molecular weight excluding hydrogens is 526 g/mol. The zero-order valence-corrected chi connectivity index (χ0v) is 26.0.